The standard InChI is InChI=1S/C14H18FN3O2/c1-8(11-5-6-13(19-4)12(15)7-11)16-9(2)14-18-17-10(3)20-14/h5-9,16H,1-4H3/t8-,9+/m0/s1. The number of benzene rings is 1. The molecule has 0 aliphatic carbocycles. The van der Waals surface area contributed by atoms with Gasteiger partial charge in [-0.05, 0) is 31.5 Å². The summed E-state index contributed by atoms with van der Waals surface area (Å²) in [5, 5.41) is 11.0. The van der Waals surface area contributed by atoms with E-state index >= 15 is 0 Å². The van der Waals surface area contributed by atoms with Gasteiger partial charge in [-0.25, -0.2) is 4.39 Å². The van der Waals surface area contributed by atoms with E-state index in [1.807, 2.05) is 19.9 Å². The number of methoxy groups -OCH3 is 1. The molecule has 0 fully saturated rings. The van der Waals surface area contributed by atoms with Crippen molar-refractivity contribution in [1.82, 2.24) is 15.5 Å². The molecule has 1 aromatic heterocycles. The molecule has 0 saturated carbocycles. The fourth-order valence-corrected chi connectivity index (χ4v) is 1.98. The average molecular weight is 279 g/mol. The average Bonchev–Trinajstić information content (AvgIpc) is 2.85. The summed E-state index contributed by atoms with van der Waals surface area (Å²) >= 11 is 0. The molecular formula is C14H18FN3O2. The van der Waals surface area contributed by atoms with Crippen molar-refractivity contribution in [2.45, 2.75) is 32.9 Å². The number of hydrogen-bond acceptors (Lipinski definition) is 5. The number of ether oxygens (including phenoxy) is 1. The fourth-order valence-electron chi connectivity index (χ4n) is 1.98. The van der Waals surface area contributed by atoms with Gasteiger partial charge < -0.3 is 9.15 Å². The van der Waals surface area contributed by atoms with Crippen LogP contribution in [0.15, 0.2) is 22.6 Å². The summed E-state index contributed by atoms with van der Waals surface area (Å²) in [6, 6.07) is 4.73. The topological polar surface area (TPSA) is 60.2 Å². The van der Waals surface area contributed by atoms with Crippen LogP contribution in [0, 0.1) is 12.7 Å². The third-order valence-corrected chi connectivity index (χ3v) is 3.09. The number of nitrogens with zero attached hydrogens (tertiary/aromatic N) is 2. The van der Waals surface area contributed by atoms with Crippen LogP contribution in [0.4, 0.5) is 4.39 Å². The second-order valence-electron chi connectivity index (χ2n) is 4.66. The molecule has 1 N–H and O–H groups in total. The van der Waals surface area contributed by atoms with Crippen molar-refractivity contribution < 1.29 is 13.5 Å². The first-order valence-electron chi connectivity index (χ1n) is 6.40. The molecule has 0 spiro atoms. The van der Waals surface area contributed by atoms with Crippen LogP contribution in [0.1, 0.15) is 43.3 Å². The zero-order chi connectivity index (χ0) is 14.7. The SMILES string of the molecule is COc1ccc([C@H](C)N[C@H](C)c2nnc(C)o2)cc1F. The van der Waals surface area contributed by atoms with Gasteiger partial charge in [0.25, 0.3) is 0 Å². The predicted octanol–water partition coefficient (Wildman–Crippen LogP) is 2.94. The second kappa shape index (κ2) is 6.00. The van der Waals surface area contributed by atoms with Crippen molar-refractivity contribution in [2.24, 2.45) is 0 Å². The summed E-state index contributed by atoms with van der Waals surface area (Å²) in [7, 11) is 1.44. The number of hydrogen-bond donors (Lipinski definition) is 1. The predicted molar refractivity (Wildman–Crippen MR) is 72.0 cm³/mol. The Morgan fingerprint density at radius 1 is 1.25 bits per heavy atom. The minimum absolute atomic E-state index is 0.0578. The van der Waals surface area contributed by atoms with E-state index in [0.29, 0.717) is 11.8 Å². The van der Waals surface area contributed by atoms with E-state index < -0.39 is 0 Å². The van der Waals surface area contributed by atoms with Gasteiger partial charge in [-0.15, -0.1) is 10.2 Å². The minimum atomic E-state index is -0.375. The summed E-state index contributed by atoms with van der Waals surface area (Å²) in [6.45, 7) is 5.61. The molecular weight excluding hydrogens is 261 g/mol. The fraction of sp³-hybridized carbons (Fsp3) is 0.429. The summed E-state index contributed by atoms with van der Waals surface area (Å²) < 4.78 is 23.9. The van der Waals surface area contributed by atoms with Crippen molar-refractivity contribution in [3.63, 3.8) is 0 Å². The number of aromatic nitrogens is 2. The van der Waals surface area contributed by atoms with E-state index in [-0.39, 0.29) is 23.7 Å². The third-order valence-electron chi connectivity index (χ3n) is 3.09. The molecule has 20 heavy (non-hydrogen) atoms. The van der Waals surface area contributed by atoms with Crippen LogP contribution >= 0.6 is 0 Å². The van der Waals surface area contributed by atoms with Crippen LogP contribution < -0.4 is 10.1 Å². The minimum Gasteiger partial charge on any atom is -0.494 e. The Hall–Kier alpha value is -1.95. The zero-order valence-corrected chi connectivity index (χ0v) is 12.0. The summed E-state index contributed by atoms with van der Waals surface area (Å²) in [6.07, 6.45) is 0. The van der Waals surface area contributed by atoms with Gasteiger partial charge in [0.05, 0.1) is 13.2 Å². The van der Waals surface area contributed by atoms with Gasteiger partial charge in [0.15, 0.2) is 11.6 Å². The molecule has 108 valence electrons. The van der Waals surface area contributed by atoms with Crippen molar-refractivity contribution in [3.8, 4) is 5.75 Å². The maximum absolute atomic E-state index is 13.7. The maximum Gasteiger partial charge on any atom is 0.233 e. The molecule has 0 saturated heterocycles. The maximum atomic E-state index is 13.7. The van der Waals surface area contributed by atoms with Crippen LogP contribution in [0.3, 0.4) is 0 Å². The van der Waals surface area contributed by atoms with E-state index in [2.05, 4.69) is 15.5 Å². The highest BCUT2D eigenvalue weighted by Crippen LogP contribution is 2.23. The Morgan fingerprint density at radius 2 is 2.00 bits per heavy atom. The first-order valence-corrected chi connectivity index (χ1v) is 6.40. The molecule has 1 heterocycles. The molecule has 2 aromatic rings. The Labute approximate surface area is 117 Å². The van der Waals surface area contributed by atoms with E-state index in [1.165, 1.54) is 13.2 Å². The Morgan fingerprint density at radius 3 is 2.55 bits per heavy atom. The van der Waals surface area contributed by atoms with Gasteiger partial charge in [-0.2, -0.15) is 0 Å². The highest BCUT2D eigenvalue weighted by atomic mass is 19.1. The lowest BCUT2D eigenvalue weighted by atomic mass is 10.1. The van der Waals surface area contributed by atoms with Crippen molar-refractivity contribution >= 4 is 0 Å². The van der Waals surface area contributed by atoms with E-state index in [9.17, 15) is 4.39 Å². The largest absolute Gasteiger partial charge is 0.494 e. The van der Waals surface area contributed by atoms with Crippen LogP contribution in [0.2, 0.25) is 0 Å². The van der Waals surface area contributed by atoms with Gasteiger partial charge >= 0.3 is 0 Å². The Balaban J connectivity index is 2.07. The van der Waals surface area contributed by atoms with E-state index in [4.69, 9.17) is 9.15 Å². The van der Waals surface area contributed by atoms with Crippen molar-refractivity contribution in [3.05, 3.63) is 41.4 Å². The number of rotatable bonds is 5. The second-order valence-corrected chi connectivity index (χ2v) is 4.66. The molecule has 2 rings (SSSR count). The molecule has 0 radical (unpaired) electrons. The lowest BCUT2D eigenvalue weighted by Gasteiger charge is -2.18. The zero-order valence-electron chi connectivity index (χ0n) is 12.0. The molecule has 0 bridgehead atoms. The van der Waals surface area contributed by atoms with Gasteiger partial charge in [0.1, 0.15) is 0 Å². The van der Waals surface area contributed by atoms with Gasteiger partial charge in [-0.3, -0.25) is 5.32 Å². The van der Waals surface area contributed by atoms with Crippen LogP contribution in [0.5, 0.6) is 5.75 Å². The quantitative estimate of drug-likeness (QED) is 0.911. The first-order chi connectivity index (χ1) is 9.51. The molecule has 2 atom stereocenters. The molecule has 0 unspecified atom stereocenters. The summed E-state index contributed by atoms with van der Waals surface area (Å²) in [5.41, 5.74) is 0.825. The molecule has 0 amide bonds. The van der Waals surface area contributed by atoms with Gasteiger partial charge in [-0.1, -0.05) is 6.07 Å². The third kappa shape index (κ3) is 3.14. The van der Waals surface area contributed by atoms with Crippen LogP contribution in [0.25, 0.3) is 0 Å². The normalized spacial score (nSPS) is 14.1. The first kappa shape index (κ1) is 14.5. The lowest BCUT2D eigenvalue weighted by Crippen LogP contribution is -2.22. The summed E-state index contributed by atoms with van der Waals surface area (Å²) in [5.74, 6) is 0.904. The Bertz CT molecular complexity index is 586. The number of aryl methyl sites for hydroxylation is 1. The van der Waals surface area contributed by atoms with Gasteiger partial charge in [0, 0.05) is 13.0 Å². The van der Waals surface area contributed by atoms with Crippen molar-refractivity contribution in [1.29, 1.82) is 0 Å². The lowest BCUT2D eigenvalue weighted by molar-refractivity contribution is 0.375. The summed E-state index contributed by atoms with van der Waals surface area (Å²) in [4.78, 5) is 0. The highest BCUT2D eigenvalue weighted by Gasteiger charge is 2.17. The van der Waals surface area contributed by atoms with Crippen LogP contribution in [-0.4, -0.2) is 17.3 Å². The molecule has 5 nitrogen and oxygen atoms in total. The molecule has 6 heteroatoms. The highest BCUT2D eigenvalue weighted by molar-refractivity contribution is 5.30. The number of halogens is 1. The van der Waals surface area contributed by atoms with Crippen LogP contribution in [-0.2, 0) is 0 Å². The number of nitrogens with one attached hydrogen (secondary N) is 1. The smallest absolute Gasteiger partial charge is 0.233 e. The van der Waals surface area contributed by atoms with Crippen molar-refractivity contribution in [2.75, 3.05) is 7.11 Å². The Kier molecular flexibility index (Phi) is 4.34. The van der Waals surface area contributed by atoms with E-state index in [1.54, 1.807) is 13.0 Å². The molecule has 0 aliphatic rings. The van der Waals surface area contributed by atoms with Gasteiger partial charge in [0.2, 0.25) is 11.8 Å². The van der Waals surface area contributed by atoms with E-state index in [0.717, 1.165) is 5.56 Å². The molecule has 0 aliphatic heterocycles. The monoisotopic (exact) mass is 279 g/mol. The molecule has 1 aromatic carbocycles.